The van der Waals surface area contributed by atoms with Crippen LogP contribution in [0, 0.1) is 5.92 Å². The van der Waals surface area contributed by atoms with Crippen LogP contribution in [0.4, 0.5) is 0 Å². The van der Waals surface area contributed by atoms with Gasteiger partial charge in [0, 0.05) is 13.0 Å². The molecule has 0 aromatic carbocycles. The van der Waals surface area contributed by atoms with Gasteiger partial charge in [0.15, 0.2) is 0 Å². The lowest BCUT2D eigenvalue weighted by Crippen LogP contribution is -2.38. The number of rotatable bonds is 10. The minimum absolute atomic E-state index is 0.184. The molecule has 120 valence electrons. The first kappa shape index (κ1) is 18.2. The Bertz CT molecular complexity index is 388. The summed E-state index contributed by atoms with van der Waals surface area (Å²) in [6.45, 7) is 11.4. The van der Waals surface area contributed by atoms with E-state index in [9.17, 15) is 4.79 Å². The average Bonchev–Trinajstić information content (AvgIpc) is 2.97. The summed E-state index contributed by atoms with van der Waals surface area (Å²) in [4.78, 5) is 14.5. The molecule has 1 aromatic rings. The van der Waals surface area contributed by atoms with Crippen molar-refractivity contribution in [3.63, 3.8) is 0 Å². The molecule has 0 aliphatic rings. The maximum Gasteiger partial charge on any atom is 0.220 e. The van der Waals surface area contributed by atoms with E-state index in [4.69, 9.17) is 0 Å². The van der Waals surface area contributed by atoms with E-state index in [-0.39, 0.29) is 11.9 Å². The molecule has 0 aliphatic carbocycles. The molecule has 0 radical (unpaired) electrons. The molecule has 0 bridgehead atoms. The SMILES string of the molecule is CCCC(C)CC(=O)NCC(c1ccsc1)N(CC)CC. The Kier molecular flexibility index (Phi) is 8.62. The number of thiophene rings is 1. The van der Waals surface area contributed by atoms with Crippen LogP contribution in [0.25, 0.3) is 0 Å². The molecular formula is C17H30N2OS. The molecule has 2 unspecified atom stereocenters. The van der Waals surface area contributed by atoms with Crippen LogP contribution in [0.15, 0.2) is 16.8 Å². The monoisotopic (exact) mass is 310 g/mol. The zero-order valence-electron chi connectivity index (χ0n) is 13.9. The molecule has 3 nitrogen and oxygen atoms in total. The van der Waals surface area contributed by atoms with Crippen molar-refractivity contribution in [3.8, 4) is 0 Å². The first-order valence-corrected chi connectivity index (χ1v) is 9.09. The summed E-state index contributed by atoms with van der Waals surface area (Å²) in [6.07, 6.45) is 2.91. The molecule has 0 saturated heterocycles. The van der Waals surface area contributed by atoms with Gasteiger partial charge in [-0.15, -0.1) is 0 Å². The van der Waals surface area contributed by atoms with E-state index in [0.717, 1.165) is 25.9 Å². The summed E-state index contributed by atoms with van der Waals surface area (Å²) in [5, 5.41) is 7.43. The minimum Gasteiger partial charge on any atom is -0.354 e. The van der Waals surface area contributed by atoms with E-state index in [1.54, 1.807) is 11.3 Å². The third kappa shape index (κ3) is 6.18. The van der Waals surface area contributed by atoms with Crippen LogP contribution in [-0.2, 0) is 4.79 Å². The number of hydrogen-bond donors (Lipinski definition) is 1. The highest BCUT2D eigenvalue weighted by atomic mass is 32.1. The number of likely N-dealkylation sites (N-methyl/N-ethyl adjacent to an activating group) is 1. The standard InChI is InChI=1S/C17H30N2OS/c1-5-8-14(4)11-17(20)18-12-16(19(6-2)7-3)15-9-10-21-13-15/h9-10,13-14,16H,5-8,11-12H2,1-4H3,(H,18,20). The summed E-state index contributed by atoms with van der Waals surface area (Å²) in [5.41, 5.74) is 1.31. The topological polar surface area (TPSA) is 32.3 Å². The Hall–Kier alpha value is -0.870. The van der Waals surface area contributed by atoms with E-state index in [0.29, 0.717) is 18.9 Å². The minimum atomic E-state index is 0.184. The van der Waals surface area contributed by atoms with Gasteiger partial charge in [-0.3, -0.25) is 9.69 Å². The highest BCUT2D eigenvalue weighted by molar-refractivity contribution is 7.07. The van der Waals surface area contributed by atoms with E-state index >= 15 is 0 Å². The smallest absolute Gasteiger partial charge is 0.220 e. The predicted molar refractivity (Wildman–Crippen MR) is 91.7 cm³/mol. The second kappa shape index (κ2) is 9.96. The van der Waals surface area contributed by atoms with Crippen LogP contribution < -0.4 is 5.32 Å². The lowest BCUT2D eigenvalue weighted by molar-refractivity contribution is -0.122. The van der Waals surface area contributed by atoms with Crippen molar-refractivity contribution in [2.75, 3.05) is 19.6 Å². The fourth-order valence-electron chi connectivity index (χ4n) is 2.78. The third-order valence-corrected chi connectivity index (χ3v) is 4.69. The molecule has 0 saturated carbocycles. The second-order valence-corrected chi connectivity index (χ2v) is 6.48. The Morgan fingerprint density at radius 2 is 2.05 bits per heavy atom. The van der Waals surface area contributed by atoms with Gasteiger partial charge in [0.25, 0.3) is 0 Å². The highest BCUT2D eigenvalue weighted by Crippen LogP contribution is 2.22. The largest absolute Gasteiger partial charge is 0.354 e. The molecular weight excluding hydrogens is 280 g/mol. The molecule has 21 heavy (non-hydrogen) atoms. The van der Waals surface area contributed by atoms with Crippen molar-refractivity contribution in [3.05, 3.63) is 22.4 Å². The Morgan fingerprint density at radius 3 is 2.57 bits per heavy atom. The average molecular weight is 311 g/mol. The van der Waals surface area contributed by atoms with Crippen molar-refractivity contribution in [1.29, 1.82) is 0 Å². The lowest BCUT2D eigenvalue weighted by atomic mass is 10.0. The van der Waals surface area contributed by atoms with Gasteiger partial charge in [0.05, 0.1) is 6.04 Å². The van der Waals surface area contributed by atoms with Gasteiger partial charge < -0.3 is 5.32 Å². The highest BCUT2D eigenvalue weighted by Gasteiger charge is 2.19. The Labute approximate surface area is 133 Å². The van der Waals surface area contributed by atoms with Crippen molar-refractivity contribution in [2.45, 2.75) is 53.0 Å². The Balaban J connectivity index is 2.56. The van der Waals surface area contributed by atoms with Crippen LogP contribution >= 0.6 is 11.3 Å². The van der Waals surface area contributed by atoms with Gasteiger partial charge in [0.1, 0.15) is 0 Å². The zero-order chi connectivity index (χ0) is 15.7. The molecule has 1 heterocycles. The molecule has 0 aliphatic heterocycles. The summed E-state index contributed by atoms with van der Waals surface area (Å²) < 4.78 is 0. The summed E-state index contributed by atoms with van der Waals surface area (Å²) >= 11 is 1.72. The first-order chi connectivity index (χ1) is 10.1. The van der Waals surface area contributed by atoms with Crippen molar-refractivity contribution < 1.29 is 4.79 Å². The van der Waals surface area contributed by atoms with Crippen molar-refractivity contribution >= 4 is 17.2 Å². The van der Waals surface area contributed by atoms with Crippen LogP contribution in [0.2, 0.25) is 0 Å². The molecule has 1 N–H and O–H groups in total. The molecule has 1 rings (SSSR count). The van der Waals surface area contributed by atoms with Gasteiger partial charge in [0.2, 0.25) is 5.91 Å². The van der Waals surface area contributed by atoms with Gasteiger partial charge in [-0.05, 0) is 41.4 Å². The Morgan fingerprint density at radius 1 is 1.33 bits per heavy atom. The summed E-state index contributed by atoms with van der Waals surface area (Å²) in [5.74, 6) is 0.659. The molecule has 4 heteroatoms. The molecule has 0 spiro atoms. The van der Waals surface area contributed by atoms with Crippen LogP contribution in [0.5, 0.6) is 0 Å². The third-order valence-electron chi connectivity index (χ3n) is 3.99. The summed E-state index contributed by atoms with van der Waals surface area (Å²) in [6, 6.07) is 2.45. The molecule has 0 fully saturated rings. The van der Waals surface area contributed by atoms with Gasteiger partial charge >= 0.3 is 0 Å². The number of carbonyl (C=O) groups is 1. The number of hydrogen-bond acceptors (Lipinski definition) is 3. The van der Waals surface area contributed by atoms with Gasteiger partial charge in [-0.2, -0.15) is 11.3 Å². The number of nitrogens with zero attached hydrogens (tertiary/aromatic N) is 1. The maximum atomic E-state index is 12.1. The number of amides is 1. The quantitative estimate of drug-likeness (QED) is 0.706. The summed E-state index contributed by atoms with van der Waals surface area (Å²) in [7, 11) is 0. The van der Waals surface area contributed by atoms with E-state index in [2.05, 4.69) is 54.7 Å². The van der Waals surface area contributed by atoms with E-state index in [1.165, 1.54) is 5.56 Å². The zero-order valence-corrected chi connectivity index (χ0v) is 14.7. The normalized spacial score (nSPS) is 14.1. The predicted octanol–water partition coefficient (Wildman–Crippen LogP) is 4.07. The van der Waals surface area contributed by atoms with Crippen LogP contribution in [0.1, 0.15) is 58.6 Å². The first-order valence-electron chi connectivity index (χ1n) is 8.15. The second-order valence-electron chi connectivity index (χ2n) is 5.70. The van der Waals surface area contributed by atoms with Crippen molar-refractivity contribution in [1.82, 2.24) is 10.2 Å². The fraction of sp³-hybridized carbons (Fsp3) is 0.706. The van der Waals surface area contributed by atoms with Crippen molar-refractivity contribution in [2.24, 2.45) is 5.92 Å². The number of carbonyl (C=O) groups excluding carboxylic acids is 1. The molecule has 1 amide bonds. The molecule has 2 atom stereocenters. The maximum absolute atomic E-state index is 12.1. The van der Waals surface area contributed by atoms with E-state index < -0.39 is 0 Å². The van der Waals surface area contributed by atoms with Gasteiger partial charge in [-0.25, -0.2) is 0 Å². The lowest BCUT2D eigenvalue weighted by Gasteiger charge is -2.29. The van der Waals surface area contributed by atoms with Crippen LogP contribution in [0.3, 0.4) is 0 Å². The number of nitrogens with one attached hydrogen (secondary N) is 1. The van der Waals surface area contributed by atoms with E-state index in [1.807, 2.05) is 0 Å². The fourth-order valence-corrected chi connectivity index (χ4v) is 3.49. The molecule has 1 aromatic heterocycles. The van der Waals surface area contributed by atoms with Crippen LogP contribution in [-0.4, -0.2) is 30.4 Å². The van der Waals surface area contributed by atoms with Gasteiger partial charge in [-0.1, -0.05) is 40.5 Å².